The second-order valence-corrected chi connectivity index (χ2v) is 5.26. The standard InChI is InChI=1S/C19H16N2O4/c1-13-16(18(22)24-2)17(14-9-5-3-6-10-14)20-21(13)19(23)25-15-11-7-4-8-12-15/h3-12H,1-2H3. The van der Waals surface area contributed by atoms with Gasteiger partial charge in [-0.25, -0.2) is 9.59 Å². The lowest BCUT2D eigenvalue weighted by Gasteiger charge is -2.05. The maximum absolute atomic E-state index is 12.5. The molecule has 1 heterocycles. The molecule has 3 aromatic rings. The van der Waals surface area contributed by atoms with Crippen LogP contribution < -0.4 is 4.74 Å². The zero-order valence-corrected chi connectivity index (χ0v) is 13.8. The molecule has 2 aromatic carbocycles. The number of carbonyl (C=O) groups is 2. The Bertz CT molecular complexity index is 902. The molecule has 0 fully saturated rings. The molecular formula is C19H16N2O4. The molecule has 0 spiro atoms. The number of benzene rings is 2. The number of hydrogen-bond donors (Lipinski definition) is 0. The van der Waals surface area contributed by atoms with E-state index in [-0.39, 0.29) is 5.56 Å². The fraction of sp³-hybridized carbons (Fsp3) is 0.105. The number of aromatic nitrogens is 2. The van der Waals surface area contributed by atoms with E-state index >= 15 is 0 Å². The van der Waals surface area contributed by atoms with E-state index in [0.717, 1.165) is 4.68 Å². The molecule has 126 valence electrons. The van der Waals surface area contributed by atoms with Gasteiger partial charge in [-0.1, -0.05) is 48.5 Å². The van der Waals surface area contributed by atoms with Gasteiger partial charge in [-0.05, 0) is 19.1 Å². The highest BCUT2D eigenvalue weighted by atomic mass is 16.6. The first kappa shape index (κ1) is 16.4. The van der Waals surface area contributed by atoms with Gasteiger partial charge in [0.2, 0.25) is 0 Å². The average molecular weight is 336 g/mol. The van der Waals surface area contributed by atoms with Gasteiger partial charge in [-0.2, -0.15) is 9.78 Å². The van der Waals surface area contributed by atoms with Gasteiger partial charge in [0.1, 0.15) is 17.0 Å². The van der Waals surface area contributed by atoms with Crippen molar-refractivity contribution < 1.29 is 19.1 Å². The van der Waals surface area contributed by atoms with Gasteiger partial charge >= 0.3 is 12.1 Å². The van der Waals surface area contributed by atoms with E-state index in [4.69, 9.17) is 9.47 Å². The van der Waals surface area contributed by atoms with Crippen LogP contribution >= 0.6 is 0 Å². The fourth-order valence-electron chi connectivity index (χ4n) is 2.46. The third-order valence-electron chi connectivity index (χ3n) is 3.67. The summed E-state index contributed by atoms with van der Waals surface area (Å²) in [6, 6.07) is 17.8. The van der Waals surface area contributed by atoms with Gasteiger partial charge in [0.05, 0.1) is 12.8 Å². The van der Waals surface area contributed by atoms with Gasteiger partial charge < -0.3 is 9.47 Å². The van der Waals surface area contributed by atoms with Gasteiger partial charge in [-0.3, -0.25) is 0 Å². The van der Waals surface area contributed by atoms with Crippen molar-refractivity contribution in [3.8, 4) is 17.0 Å². The van der Waals surface area contributed by atoms with E-state index in [0.29, 0.717) is 22.7 Å². The second-order valence-electron chi connectivity index (χ2n) is 5.26. The van der Waals surface area contributed by atoms with E-state index in [1.807, 2.05) is 24.3 Å². The molecule has 0 saturated carbocycles. The zero-order valence-electron chi connectivity index (χ0n) is 13.8. The molecule has 0 amide bonds. The van der Waals surface area contributed by atoms with Crippen molar-refractivity contribution in [3.05, 3.63) is 71.9 Å². The molecule has 0 aliphatic carbocycles. The fourth-order valence-corrected chi connectivity index (χ4v) is 2.46. The zero-order chi connectivity index (χ0) is 17.8. The van der Waals surface area contributed by atoms with E-state index in [1.54, 1.807) is 43.3 Å². The number of ether oxygens (including phenoxy) is 2. The van der Waals surface area contributed by atoms with Crippen LogP contribution in [0.25, 0.3) is 11.3 Å². The summed E-state index contributed by atoms with van der Waals surface area (Å²) in [5.74, 6) is -0.168. The Kier molecular flexibility index (Phi) is 4.61. The molecule has 0 aliphatic rings. The van der Waals surface area contributed by atoms with Crippen LogP contribution in [0.3, 0.4) is 0 Å². The first-order valence-corrected chi connectivity index (χ1v) is 7.62. The van der Waals surface area contributed by atoms with Crippen molar-refractivity contribution >= 4 is 12.1 Å². The lowest BCUT2D eigenvalue weighted by atomic mass is 10.1. The van der Waals surface area contributed by atoms with Crippen molar-refractivity contribution in [1.29, 1.82) is 0 Å². The van der Waals surface area contributed by atoms with Crippen molar-refractivity contribution in [2.24, 2.45) is 0 Å². The maximum Gasteiger partial charge on any atom is 0.440 e. The molecule has 0 radical (unpaired) electrons. The van der Waals surface area contributed by atoms with Crippen LogP contribution in [0, 0.1) is 6.92 Å². The molecule has 6 heteroatoms. The molecule has 25 heavy (non-hydrogen) atoms. The monoisotopic (exact) mass is 336 g/mol. The first-order chi connectivity index (χ1) is 12.1. The highest BCUT2D eigenvalue weighted by molar-refractivity contribution is 5.98. The number of nitrogens with zero attached hydrogens (tertiary/aromatic N) is 2. The molecular weight excluding hydrogens is 320 g/mol. The summed E-state index contributed by atoms with van der Waals surface area (Å²) >= 11 is 0. The number of para-hydroxylation sites is 1. The largest absolute Gasteiger partial charge is 0.465 e. The Morgan fingerprint density at radius 1 is 0.960 bits per heavy atom. The predicted octanol–water partition coefficient (Wildman–Crippen LogP) is 3.69. The predicted molar refractivity (Wildman–Crippen MR) is 91.6 cm³/mol. The van der Waals surface area contributed by atoms with Gasteiger partial charge in [0.15, 0.2) is 0 Å². The van der Waals surface area contributed by atoms with Gasteiger partial charge in [0, 0.05) is 5.56 Å². The Morgan fingerprint density at radius 3 is 2.16 bits per heavy atom. The highest BCUT2D eigenvalue weighted by Crippen LogP contribution is 2.26. The second kappa shape index (κ2) is 7.00. The van der Waals surface area contributed by atoms with Crippen LogP contribution in [0.15, 0.2) is 60.7 Å². The molecule has 6 nitrogen and oxygen atoms in total. The Morgan fingerprint density at radius 2 is 1.56 bits per heavy atom. The molecule has 0 saturated heterocycles. The van der Waals surface area contributed by atoms with E-state index in [9.17, 15) is 9.59 Å². The van der Waals surface area contributed by atoms with Crippen LogP contribution in [0.1, 0.15) is 16.1 Å². The van der Waals surface area contributed by atoms with E-state index in [1.165, 1.54) is 7.11 Å². The summed E-state index contributed by atoms with van der Waals surface area (Å²) in [7, 11) is 1.29. The topological polar surface area (TPSA) is 70.4 Å². The normalized spacial score (nSPS) is 10.3. The smallest absolute Gasteiger partial charge is 0.440 e. The minimum atomic E-state index is -0.698. The highest BCUT2D eigenvalue weighted by Gasteiger charge is 2.26. The van der Waals surface area contributed by atoms with Gasteiger partial charge in [-0.15, -0.1) is 0 Å². The number of rotatable bonds is 3. The van der Waals surface area contributed by atoms with Crippen LogP contribution in [-0.2, 0) is 4.74 Å². The molecule has 0 aliphatic heterocycles. The molecule has 0 unspecified atom stereocenters. The van der Waals surface area contributed by atoms with Crippen molar-refractivity contribution in [2.45, 2.75) is 6.92 Å². The quantitative estimate of drug-likeness (QED) is 0.682. The van der Waals surface area contributed by atoms with Crippen LogP contribution in [0.4, 0.5) is 4.79 Å². The number of carbonyl (C=O) groups excluding carboxylic acids is 2. The third-order valence-corrected chi connectivity index (χ3v) is 3.67. The average Bonchev–Trinajstić information content (AvgIpc) is 3.00. The summed E-state index contributed by atoms with van der Waals surface area (Å²) in [5.41, 5.74) is 1.66. The molecule has 0 bridgehead atoms. The Balaban J connectivity index is 2.05. The lowest BCUT2D eigenvalue weighted by molar-refractivity contribution is 0.0601. The third kappa shape index (κ3) is 3.28. The van der Waals surface area contributed by atoms with E-state index in [2.05, 4.69) is 5.10 Å². The van der Waals surface area contributed by atoms with Gasteiger partial charge in [0.25, 0.3) is 0 Å². The van der Waals surface area contributed by atoms with E-state index < -0.39 is 12.1 Å². The summed E-state index contributed by atoms with van der Waals surface area (Å²) in [4.78, 5) is 24.7. The Hall–Kier alpha value is -3.41. The molecule has 0 N–H and O–H groups in total. The van der Waals surface area contributed by atoms with Crippen LogP contribution in [0.2, 0.25) is 0 Å². The maximum atomic E-state index is 12.5. The minimum Gasteiger partial charge on any atom is -0.465 e. The SMILES string of the molecule is COC(=O)c1c(-c2ccccc2)nn(C(=O)Oc2ccccc2)c1C. The molecule has 3 rings (SSSR count). The minimum absolute atomic E-state index is 0.235. The van der Waals surface area contributed by atoms with Crippen molar-refractivity contribution in [2.75, 3.05) is 7.11 Å². The summed E-state index contributed by atoms with van der Waals surface area (Å²) in [6.07, 6.45) is -0.698. The number of methoxy groups -OCH3 is 1. The summed E-state index contributed by atoms with van der Waals surface area (Å²) in [5, 5.41) is 4.29. The summed E-state index contributed by atoms with van der Waals surface area (Å²) in [6.45, 7) is 1.62. The molecule has 1 aromatic heterocycles. The summed E-state index contributed by atoms with van der Waals surface area (Å²) < 4.78 is 11.2. The Labute approximate surface area is 144 Å². The van der Waals surface area contributed by atoms with Crippen molar-refractivity contribution in [1.82, 2.24) is 9.78 Å². The lowest BCUT2D eigenvalue weighted by Crippen LogP contribution is -2.20. The number of esters is 1. The first-order valence-electron chi connectivity index (χ1n) is 7.62. The number of hydrogen-bond acceptors (Lipinski definition) is 5. The van der Waals surface area contributed by atoms with Crippen LogP contribution in [0.5, 0.6) is 5.75 Å². The van der Waals surface area contributed by atoms with Crippen molar-refractivity contribution in [3.63, 3.8) is 0 Å². The molecule has 0 atom stereocenters. The van der Waals surface area contributed by atoms with Crippen LogP contribution in [-0.4, -0.2) is 29.0 Å².